The van der Waals surface area contributed by atoms with Gasteiger partial charge < -0.3 is 14.7 Å². The average Bonchev–Trinajstić information content (AvgIpc) is 2.60. The van der Waals surface area contributed by atoms with Crippen LogP contribution < -0.4 is 4.74 Å². The van der Waals surface area contributed by atoms with Crippen molar-refractivity contribution in [3.8, 4) is 5.75 Å². The molecule has 0 spiro atoms. The Morgan fingerprint density at radius 3 is 2.84 bits per heavy atom. The number of aryl methyl sites for hydroxylation is 1. The fourth-order valence-corrected chi connectivity index (χ4v) is 3.32. The van der Waals surface area contributed by atoms with Crippen molar-refractivity contribution in [3.63, 3.8) is 0 Å². The lowest BCUT2D eigenvalue weighted by Gasteiger charge is -2.39. The molecular formula is C20H22ClNO3. The summed E-state index contributed by atoms with van der Waals surface area (Å²) in [6, 6.07) is 14.6. The van der Waals surface area contributed by atoms with E-state index >= 15 is 0 Å². The van der Waals surface area contributed by atoms with Gasteiger partial charge in [0.2, 0.25) is 0 Å². The summed E-state index contributed by atoms with van der Waals surface area (Å²) in [5.41, 5.74) is 0.641. The molecule has 1 fully saturated rings. The highest BCUT2D eigenvalue weighted by Gasteiger charge is 2.36. The number of carbonyl (C=O) groups is 1. The predicted molar refractivity (Wildman–Crippen MR) is 98.2 cm³/mol. The summed E-state index contributed by atoms with van der Waals surface area (Å²) < 4.78 is 5.71. The Balaban J connectivity index is 1.66. The van der Waals surface area contributed by atoms with Crippen LogP contribution in [0, 0.1) is 6.92 Å². The van der Waals surface area contributed by atoms with Crippen molar-refractivity contribution in [1.82, 2.24) is 4.90 Å². The van der Waals surface area contributed by atoms with E-state index in [1.54, 1.807) is 29.2 Å². The molecule has 2 aromatic carbocycles. The zero-order valence-electron chi connectivity index (χ0n) is 14.2. The van der Waals surface area contributed by atoms with Crippen LogP contribution in [-0.4, -0.2) is 41.2 Å². The summed E-state index contributed by atoms with van der Waals surface area (Å²) in [5, 5.41) is 11.5. The Labute approximate surface area is 153 Å². The maximum atomic E-state index is 12.7. The Morgan fingerprint density at radius 1 is 1.28 bits per heavy atom. The Kier molecular flexibility index (Phi) is 5.30. The van der Waals surface area contributed by atoms with Crippen LogP contribution in [0.4, 0.5) is 0 Å². The number of nitrogens with zero attached hydrogens (tertiary/aromatic N) is 1. The van der Waals surface area contributed by atoms with Crippen molar-refractivity contribution >= 4 is 17.5 Å². The molecule has 5 heteroatoms. The van der Waals surface area contributed by atoms with Gasteiger partial charge in [-0.1, -0.05) is 35.4 Å². The summed E-state index contributed by atoms with van der Waals surface area (Å²) in [6.45, 7) is 3.00. The summed E-state index contributed by atoms with van der Waals surface area (Å²) in [6.07, 6.45) is 1.35. The first kappa shape index (κ1) is 17.8. The first-order chi connectivity index (χ1) is 12.0. The maximum absolute atomic E-state index is 12.7. The standard InChI is InChI=1S/C20H22ClNO3/c1-15-5-2-6-16(11-15)19(23)22-10-4-9-20(24,13-22)14-25-18-8-3-7-17(21)12-18/h2-3,5-8,11-12,24H,4,9-10,13-14H2,1H3. The molecule has 0 saturated carbocycles. The minimum atomic E-state index is -1.06. The second-order valence-electron chi connectivity index (χ2n) is 6.67. The van der Waals surface area contributed by atoms with Gasteiger partial charge in [-0.2, -0.15) is 0 Å². The molecule has 0 bridgehead atoms. The predicted octanol–water partition coefficient (Wildman–Crippen LogP) is 3.69. The number of hydrogen-bond acceptors (Lipinski definition) is 3. The fraction of sp³-hybridized carbons (Fsp3) is 0.350. The van der Waals surface area contributed by atoms with E-state index in [2.05, 4.69) is 0 Å². The van der Waals surface area contributed by atoms with Gasteiger partial charge in [-0.15, -0.1) is 0 Å². The van der Waals surface area contributed by atoms with Gasteiger partial charge in [0, 0.05) is 17.1 Å². The lowest BCUT2D eigenvalue weighted by Crippen LogP contribution is -2.53. The third kappa shape index (κ3) is 4.53. The van der Waals surface area contributed by atoms with Crippen LogP contribution in [0.1, 0.15) is 28.8 Å². The number of likely N-dealkylation sites (tertiary alicyclic amines) is 1. The minimum Gasteiger partial charge on any atom is -0.490 e. The Hall–Kier alpha value is -2.04. The summed E-state index contributed by atoms with van der Waals surface area (Å²) in [7, 11) is 0. The van der Waals surface area contributed by atoms with Crippen molar-refractivity contribution in [2.24, 2.45) is 0 Å². The van der Waals surface area contributed by atoms with E-state index in [0.29, 0.717) is 29.3 Å². The van der Waals surface area contributed by atoms with Crippen LogP contribution in [0.2, 0.25) is 5.02 Å². The summed E-state index contributed by atoms with van der Waals surface area (Å²) in [4.78, 5) is 14.4. The zero-order valence-corrected chi connectivity index (χ0v) is 15.0. The number of halogens is 1. The lowest BCUT2D eigenvalue weighted by molar-refractivity contribution is -0.0532. The molecule has 1 aliphatic heterocycles. The van der Waals surface area contributed by atoms with Crippen LogP contribution in [-0.2, 0) is 0 Å². The van der Waals surface area contributed by atoms with Crippen molar-refractivity contribution in [1.29, 1.82) is 0 Å². The number of rotatable bonds is 4. The number of amides is 1. The topological polar surface area (TPSA) is 49.8 Å². The molecule has 1 heterocycles. The normalized spacial score (nSPS) is 20.4. The molecule has 0 radical (unpaired) electrons. The summed E-state index contributed by atoms with van der Waals surface area (Å²) >= 11 is 5.95. The van der Waals surface area contributed by atoms with Crippen LogP contribution in [0.15, 0.2) is 48.5 Å². The van der Waals surface area contributed by atoms with Crippen LogP contribution in [0.3, 0.4) is 0 Å². The molecule has 0 aliphatic carbocycles. The maximum Gasteiger partial charge on any atom is 0.253 e. The van der Waals surface area contributed by atoms with Gasteiger partial charge in [0.25, 0.3) is 5.91 Å². The zero-order chi connectivity index (χ0) is 17.9. The number of hydrogen-bond donors (Lipinski definition) is 1. The molecule has 1 amide bonds. The molecule has 4 nitrogen and oxygen atoms in total. The Morgan fingerprint density at radius 2 is 2.08 bits per heavy atom. The monoisotopic (exact) mass is 359 g/mol. The van der Waals surface area contributed by atoms with Gasteiger partial charge in [0.05, 0.1) is 6.54 Å². The molecule has 0 aromatic heterocycles. The lowest BCUT2D eigenvalue weighted by atomic mass is 9.93. The van der Waals surface area contributed by atoms with E-state index in [9.17, 15) is 9.90 Å². The van der Waals surface area contributed by atoms with Crippen molar-refractivity contribution in [2.45, 2.75) is 25.4 Å². The van der Waals surface area contributed by atoms with Gasteiger partial charge in [0.1, 0.15) is 18.0 Å². The largest absolute Gasteiger partial charge is 0.490 e. The first-order valence-corrected chi connectivity index (χ1v) is 8.80. The van der Waals surface area contributed by atoms with E-state index in [-0.39, 0.29) is 19.1 Å². The second-order valence-corrected chi connectivity index (χ2v) is 7.11. The number of ether oxygens (including phenoxy) is 1. The van der Waals surface area contributed by atoms with Gasteiger partial charge in [-0.3, -0.25) is 4.79 Å². The molecule has 3 rings (SSSR count). The highest BCUT2D eigenvalue weighted by molar-refractivity contribution is 6.30. The first-order valence-electron chi connectivity index (χ1n) is 8.42. The molecule has 1 atom stereocenters. The van der Waals surface area contributed by atoms with Gasteiger partial charge in [-0.05, 0) is 50.1 Å². The van der Waals surface area contributed by atoms with E-state index in [0.717, 1.165) is 12.0 Å². The number of aliphatic hydroxyl groups is 1. The van der Waals surface area contributed by atoms with E-state index in [1.807, 2.05) is 31.2 Å². The molecule has 1 aliphatic rings. The van der Waals surface area contributed by atoms with Crippen molar-refractivity contribution in [3.05, 3.63) is 64.7 Å². The third-order valence-corrected chi connectivity index (χ3v) is 4.65. The molecule has 1 saturated heterocycles. The van der Waals surface area contributed by atoms with Crippen LogP contribution in [0.25, 0.3) is 0 Å². The number of carbonyl (C=O) groups excluding carboxylic acids is 1. The molecule has 25 heavy (non-hydrogen) atoms. The van der Waals surface area contributed by atoms with Gasteiger partial charge in [0.15, 0.2) is 0 Å². The highest BCUT2D eigenvalue weighted by Crippen LogP contribution is 2.25. The number of β-amino-alcohol motifs (C(OH)–C–C–N with tert-alkyl or cyclic N) is 1. The average molecular weight is 360 g/mol. The smallest absolute Gasteiger partial charge is 0.253 e. The SMILES string of the molecule is Cc1cccc(C(=O)N2CCCC(O)(COc3cccc(Cl)c3)C2)c1. The highest BCUT2D eigenvalue weighted by atomic mass is 35.5. The van der Waals surface area contributed by atoms with Crippen LogP contribution >= 0.6 is 11.6 Å². The second kappa shape index (κ2) is 7.46. The summed E-state index contributed by atoms with van der Waals surface area (Å²) in [5.74, 6) is 0.563. The fourth-order valence-electron chi connectivity index (χ4n) is 3.14. The molecule has 2 aromatic rings. The minimum absolute atomic E-state index is 0.0513. The van der Waals surface area contributed by atoms with Gasteiger partial charge >= 0.3 is 0 Å². The van der Waals surface area contributed by atoms with Crippen molar-refractivity contribution in [2.75, 3.05) is 19.7 Å². The Bertz CT molecular complexity index is 764. The number of benzene rings is 2. The molecule has 1 unspecified atom stereocenters. The van der Waals surface area contributed by atoms with Crippen molar-refractivity contribution < 1.29 is 14.6 Å². The van der Waals surface area contributed by atoms with E-state index < -0.39 is 5.60 Å². The number of piperidine rings is 1. The third-order valence-electron chi connectivity index (χ3n) is 4.41. The molecule has 1 N–H and O–H groups in total. The van der Waals surface area contributed by atoms with E-state index in [1.165, 1.54) is 0 Å². The quantitative estimate of drug-likeness (QED) is 0.905. The van der Waals surface area contributed by atoms with Crippen LogP contribution in [0.5, 0.6) is 5.75 Å². The van der Waals surface area contributed by atoms with Gasteiger partial charge in [-0.25, -0.2) is 0 Å². The van der Waals surface area contributed by atoms with E-state index in [4.69, 9.17) is 16.3 Å². The molecule has 132 valence electrons. The molecular weight excluding hydrogens is 338 g/mol.